The van der Waals surface area contributed by atoms with Crippen molar-refractivity contribution in [2.45, 2.75) is 11.8 Å². The van der Waals surface area contributed by atoms with Gasteiger partial charge in [-0.2, -0.15) is 0 Å². The third-order valence-corrected chi connectivity index (χ3v) is 4.20. The van der Waals surface area contributed by atoms with Crippen molar-refractivity contribution in [3.05, 3.63) is 66.2 Å². The van der Waals surface area contributed by atoms with Gasteiger partial charge in [0, 0.05) is 4.90 Å². The minimum Gasteiger partial charge on any atom is -0.129 e. The maximum atomic E-state index is 2.28. The SMILES string of the molecule is CSc1cc(C)ccc1-c1ccc2ccccc2c1. The predicted molar refractivity (Wildman–Crippen MR) is 85.9 cm³/mol. The summed E-state index contributed by atoms with van der Waals surface area (Å²) in [6.45, 7) is 2.14. The highest BCUT2D eigenvalue weighted by Gasteiger charge is 2.05. The van der Waals surface area contributed by atoms with E-state index < -0.39 is 0 Å². The van der Waals surface area contributed by atoms with Gasteiger partial charge in [-0.3, -0.25) is 0 Å². The van der Waals surface area contributed by atoms with Gasteiger partial charge in [0.1, 0.15) is 0 Å². The average Bonchev–Trinajstić information content (AvgIpc) is 2.46. The number of fused-ring (bicyclic) bond motifs is 1. The molecule has 0 N–H and O–H groups in total. The Kier molecular flexibility index (Phi) is 3.31. The highest BCUT2D eigenvalue weighted by molar-refractivity contribution is 7.98. The summed E-state index contributed by atoms with van der Waals surface area (Å²) in [5.41, 5.74) is 3.93. The van der Waals surface area contributed by atoms with E-state index in [1.54, 1.807) is 0 Å². The average molecular weight is 264 g/mol. The largest absolute Gasteiger partial charge is 0.129 e. The molecule has 0 nitrogen and oxygen atoms in total. The molecule has 0 spiro atoms. The Hall–Kier alpha value is -1.73. The second-order valence-electron chi connectivity index (χ2n) is 4.77. The van der Waals surface area contributed by atoms with Gasteiger partial charge in [0.25, 0.3) is 0 Å². The quantitative estimate of drug-likeness (QED) is 0.548. The molecule has 19 heavy (non-hydrogen) atoms. The van der Waals surface area contributed by atoms with E-state index in [1.807, 2.05) is 11.8 Å². The van der Waals surface area contributed by atoms with Crippen LogP contribution < -0.4 is 0 Å². The number of hydrogen-bond acceptors (Lipinski definition) is 1. The summed E-state index contributed by atoms with van der Waals surface area (Å²) in [6, 6.07) is 21.9. The van der Waals surface area contributed by atoms with Crippen LogP contribution in [0.2, 0.25) is 0 Å². The highest BCUT2D eigenvalue weighted by Crippen LogP contribution is 2.32. The molecular weight excluding hydrogens is 248 g/mol. The van der Waals surface area contributed by atoms with Crippen LogP contribution in [0.5, 0.6) is 0 Å². The lowest BCUT2D eigenvalue weighted by atomic mass is 10.0. The van der Waals surface area contributed by atoms with E-state index in [-0.39, 0.29) is 0 Å². The van der Waals surface area contributed by atoms with E-state index >= 15 is 0 Å². The van der Waals surface area contributed by atoms with E-state index in [4.69, 9.17) is 0 Å². The Labute approximate surface area is 118 Å². The first-order valence-electron chi connectivity index (χ1n) is 6.42. The van der Waals surface area contributed by atoms with Crippen LogP contribution in [0.1, 0.15) is 5.56 Å². The minimum absolute atomic E-state index is 1.29. The molecule has 3 aromatic rings. The maximum Gasteiger partial charge on any atom is 0.0150 e. The van der Waals surface area contributed by atoms with Crippen molar-refractivity contribution in [3.8, 4) is 11.1 Å². The Bertz CT molecular complexity index is 729. The van der Waals surface area contributed by atoms with Crippen molar-refractivity contribution < 1.29 is 0 Å². The van der Waals surface area contributed by atoms with Gasteiger partial charge in [0.05, 0.1) is 0 Å². The van der Waals surface area contributed by atoms with Crippen LogP contribution in [-0.4, -0.2) is 6.26 Å². The molecule has 0 fully saturated rings. The Morgan fingerprint density at radius 2 is 1.58 bits per heavy atom. The molecule has 0 bridgehead atoms. The van der Waals surface area contributed by atoms with Crippen LogP contribution in [0, 0.1) is 6.92 Å². The van der Waals surface area contributed by atoms with Gasteiger partial charge in [0.2, 0.25) is 0 Å². The number of rotatable bonds is 2. The molecule has 0 unspecified atom stereocenters. The fourth-order valence-corrected chi connectivity index (χ4v) is 3.10. The molecule has 0 aliphatic rings. The molecule has 0 amide bonds. The van der Waals surface area contributed by atoms with Gasteiger partial charge < -0.3 is 0 Å². The molecule has 0 atom stereocenters. The monoisotopic (exact) mass is 264 g/mol. The van der Waals surface area contributed by atoms with E-state index in [0.717, 1.165) is 0 Å². The number of benzene rings is 3. The van der Waals surface area contributed by atoms with E-state index in [9.17, 15) is 0 Å². The van der Waals surface area contributed by atoms with Gasteiger partial charge in [0.15, 0.2) is 0 Å². The Morgan fingerprint density at radius 1 is 0.789 bits per heavy atom. The van der Waals surface area contributed by atoms with Crippen LogP contribution in [0.4, 0.5) is 0 Å². The molecule has 3 aromatic carbocycles. The van der Waals surface area contributed by atoms with E-state index in [1.165, 1.54) is 32.4 Å². The number of hydrogen-bond donors (Lipinski definition) is 0. The first-order chi connectivity index (χ1) is 9.28. The second-order valence-corrected chi connectivity index (χ2v) is 5.61. The zero-order chi connectivity index (χ0) is 13.2. The van der Waals surface area contributed by atoms with Crippen molar-refractivity contribution in [2.24, 2.45) is 0 Å². The van der Waals surface area contributed by atoms with Crippen molar-refractivity contribution in [1.29, 1.82) is 0 Å². The van der Waals surface area contributed by atoms with Crippen LogP contribution in [-0.2, 0) is 0 Å². The van der Waals surface area contributed by atoms with Crippen LogP contribution in [0.3, 0.4) is 0 Å². The van der Waals surface area contributed by atoms with Crippen LogP contribution in [0.15, 0.2) is 65.6 Å². The van der Waals surface area contributed by atoms with Gasteiger partial charge in [-0.1, -0.05) is 48.5 Å². The lowest BCUT2D eigenvalue weighted by Crippen LogP contribution is -1.84. The molecule has 94 valence electrons. The Balaban J connectivity index is 2.18. The fraction of sp³-hybridized carbons (Fsp3) is 0.111. The molecular formula is C18H16S. The molecule has 0 saturated carbocycles. The molecule has 0 radical (unpaired) electrons. The normalized spacial score (nSPS) is 10.8. The van der Waals surface area contributed by atoms with Crippen molar-refractivity contribution >= 4 is 22.5 Å². The zero-order valence-electron chi connectivity index (χ0n) is 11.2. The lowest BCUT2D eigenvalue weighted by molar-refractivity contribution is 1.36. The lowest BCUT2D eigenvalue weighted by Gasteiger charge is -2.10. The minimum atomic E-state index is 1.29. The topological polar surface area (TPSA) is 0 Å². The van der Waals surface area contributed by atoms with Crippen LogP contribution in [0.25, 0.3) is 21.9 Å². The summed E-state index contributed by atoms with van der Waals surface area (Å²) < 4.78 is 0. The van der Waals surface area contributed by atoms with Gasteiger partial charge in [-0.05, 0) is 52.8 Å². The molecule has 0 heterocycles. The zero-order valence-corrected chi connectivity index (χ0v) is 12.0. The number of thioether (sulfide) groups is 1. The van der Waals surface area contributed by atoms with Gasteiger partial charge in [-0.25, -0.2) is 0 Å². The summed E-state index contributed by atoms with van der Waals surface area (Å²) in [7, 11) is 0. The van der Waals surface area contributed by atoms with Gasteiger partial charge in [-0.15, -0.1) is 11.8 Å². The summed E-state index contributed by atoms with van der Waals surface area (Å²) in [5, 5.41) is 2.59. The molecule has 1 heteroatoms. The van der Waals surface area contributed by atoms with E-state index in [0.29, 0.717) is 0 Å². The summed E-state index contributed by atoms with van der Waals surface area (Å²) in [5.74, 6) is 0. The maximum absolute atomic E-state index is 2.28. The van der Waals surface area contributed by atoms with Crippen LogP contribution >= 0.6 is 11.8 Å². The standard InChI is InChI=1S/C18H16S/c1-13-7-10-17(18(11-13)19-2)16-9-8-14-5-3-4-6-15(14)12-16/h3-12H,1-2H3. The Morgan fingerprint density at radius 3 is 2.37 bits per heavy atom. The molecule has 0 aromatic heterocycles. The molecule has 0 aliphatic carbocycles. The van der Waals surface area contributed by atoms with Gasteiger partial charge >= 0.3 is 0 Å². The smallest absolute Gasteiger partial charge is 0.0150 e. The predicted octanol–water partition coefficient (Wildman–Crippen LogP) is 5.54. The van der Waals surface area contributed by atoms with Crippen molar-refractivity contribution in [3.63, 3.8) is 0 Å². The number of aryl methyl sites for hydroxylation is 1. The fourth-order valence-electron chi connectivity index (χ4n) is 2.39. The summed E-state index contributed by atoms with van der Waals surface area (Å²) >= 11 is 1.81. The van der Waals surface area contributed by atoms with Crippen molar-refractivity contribution in [2.75, 3.05) is 6.26 Å². The molecule has 0 aliphatic heterocycles. The second kappa shape index (κ2) is 5.10. The molecule has 0 saturated heterocycles. The third-order valence-electron chi connectivity index (χ3n) is 3.42. The van der Waals surface area contributed by atoms with Crippen molar-refractivity contribution in [1.82, 2.24) is 0 Å². The first-order valence-corrected chi connectivity index (χ1v) is 7.64. The summed E-state index contributed by atoms with van der Waals surface area (Å²) in [4.78, 5) is 1.34. The third kappa shape index (κ3) is 2.39. The highest BCUT2D eigenvalue weighted by atomic mass is 32.2. The summed E-state index contributed by atoms with van der Waals surface area (Å²) in [6.07, 6.45) is 2.14. The molecule has 3 rings (SSSR count). The first kappa shape index (κ1) is 12.3. The van der Waals surface area contributed by atoms with E-state index in [2.05, 4.69) is 73.8 Å².